The maximum absolute atomic E-state index is 12.7. The molecule has 8 nitrogen and oxygen atoms in total. The summed E-state index contributed by atoms with van der Waals surface area (Å²) in [5.74, 6) is -0.157. The molecule has 0 radical (unpaired) electrons. The number of hydrogen-bond donors (Lipinski definition) is 2. The first-order chi connectivity index (χ1) is 15.1. The second-order valence-corrected chi connectivity index (χ2v) is 8.66. The van der Waals surface area contributed by atoms with E-state index in [0.717, 1.165) is 72.7 Å². The van der Waals surface area contributed by atoms with Gasteiger partial charge in [-0.25, -0.2) is 0 Å². The fourth-order valence-electron chi connectivity index (χ4n) is 4.02. The molecule has 0 aliphatic carbocycles. The number of aromatic nitrogens is 1. The van der Waals surface area contributed by atoms with Crippen LogP contribution in [-0.2, 0) is 27.4 Å². The van der Waals surface area contributed by atoms with E-state index in [0.29, 0.717) is 5.57 Å². The summed E-state index contributed by atoms with van der Waals surface area (Å²) in [7, 11) is 0. The van der Waals surface area contributed by atoms with Gasteiger partial charge in [0, 0.05) is 42.8 Å². The lowest BCUT2D eigenvalue weighted by Crippen LogP contribution is -2.35. The van der Waals surface area contributed by atoms with Crippen LogP contribution in [0.2, 0.25) is 0 Å². The van der Waals surface area contributed by atoms with Crippen molar-refractivity contribution in [3.8, 4) is 0 Å². The molecular formula is C22H23ClN4O4S. The number of thioether (sulfide) groups is 1. The highest BCUT2D eigenvalue weighted by molar-refractivity contribution is 8.14. The number of ether oxygens (including phenoxy) is 1. The predicted octanol–water partition coefficient (Wildman–Crippen LogP) is 2.96. The molecule has 0 atom stereocenters. The molecule has 0 bridgehead atoms. The Kier molecular flexibility index (Phi) is 6.71. The third-order valence-electron chi connectivity index (χ3n) is 5.70. The molecule has 2 saturated heterocycles. The Hall–Kier alpha value is -2.59. The molecule has 168 valence electrons. The van der Waals surface area contributed by atoms with Crippen LogP contribution in [0.4, 0.5) is 10.5 Å². The summed E-state index contributed by atoms with van der Waals surface area (Å²) in [6, 6.07) is 7.58. The minimum absolute atomic E-state index is 0. The number of nitrogens with one attached hydrogen (secondary N) is 2. The normalized spacial score (nSPS) is 19.9. The van der Waals surface area contributed by atoms with E-state index in [9.17, 15) is 14.4 Å². The molecule has 5 rings (SSSR count). The molecule has 4 heterocycles. The summed E-state index contributed by atoms with van der Waals surface area (Å²) in [5.41, 5.74) is 4.91. The highest BCUT2D eigenvalue weighted by Gasteiger charge is 2.31. The van der Waals surface area contributed by atoms with Crippen molar-refractivity contribution in [2.75, 3.05) is 37.4 Å². The van der Waals surface area contributed by atoms with E-state index in [1.807, 2.05) is 36.5 Å². The quantitative estimate of drug-likeness (QED) is 0.647. The van der Waals surface area contributed by atoms with Crippen LogP contribution in [0.1, 0.15) is 22.4 Å². The summed E-state index contributed by atoms with van der Waals surface area (Å²) >= 11 is 1.02. The molecule has 3 amide bonds. The summed E-state index contributed by atoms with van der Waals surface area (Å²) in [6.45, 7) is 4.25. The lowest BCUT2D eigenvalue weighted by Gasteiger charge is -2.26. The third-order valence-corrected chi connectivity index (χ3v) is 6.56. The number of aromatic amines is 1. The number of carbonyl (C=O) groups excluding carboxylic acids is 3. The minimum Gasteiger partial charge on any atom is -0.379 e. The van der Waals surface area contributed by atoms with Crippen LogP contribution in [-0.4, -0.2) is 63.9 Å². The van der Waals surface area contributed by atoms with Gasteiger partial charge in [-0.1, -0.05) is 17.8 Å². The lowest BCUT2D eigenvalue weighted by molar-refractivity contribution is -0.125. The summed E-state index contributed by atoms with van der Waals surface area (Å²) in [5, 5.41) is 2.67. The standard InChI is InChI=1S/C22H22N4O4S.ClH/c27-20-13-31-22(29)26(20)11-14-1-2-18-16(9-14)17(21(28)24-18)10-19-15(3-4-23-19)12-25-5-7-30-8-6-25;/h1-4,9-10,23H,5-8,11-13H2,(H,24,28);1H. The zero-order valence-electron chi connectivity index (χ0n) is 17.3. The van der Waals surface area contributed by atoms with E-state index >= 15 is 0 Å². The van der Waals surface area contributed by atoms with Crippen LogP contribution >= 0.6 is 24.2 Å². The molecule has 3 aliphatic heterocycles. The summed E-state index contributed by atoms with van der Waals surface area (Å²) in [6.07, 6.45) is 3.76. The van der Waals surface area contributed by atoms with Crippen LogP contribution in [0.25, 0.3) is 11.6 Å². The molecular weight excluding hydrogens is 452 g/mol. The van der Waals surface area contributed by atoms with Crippen molar-refractivity contribution < 1.29 is 19.1 Å². The highest BCUT2D eigenvalue weighted by atomic mass is 35.5. The van der Waals surface area contributed by atoms with Gasteiger partial charge in [-0.3, -0.25) is 24.2 Å². The molecule has 10 heteroatoms. The number of amides is 3. The van der Waals surface area contributed by atoms with E-state index in [2.05, 4.69) is 15.2 Å². The molecule has 32 heavy (non-hydrogen) atoms. The van der Waals surface area contributed by atoms with Crippen molar-refractivity contribution in [2.24, 2.45) is 0 Å². The zero-order valence-corrected chi connectivity index (χ0v) is 18.9. The summed E-state index contributed by atoms with van der Waals surface area (Å²) in [4.78, 5) is 43.4. The van der Waals surface area contributed by atoms with Crippen molar-refractivity contribution in [1.82, 2.24) is 14.8 Å². The van der Waals surface area contributed by atoms with Gasteiger partial charge in [0.1, 0.15) is 0 Å². The van der Waals surface area contributed by atoms with Crippen molar-refractivity contribution in [2.45, 2.75) is 13.1 Å². The number of anilines is 1. The Morgan fingerprint density at radius 1 is 1.09 bits per heavy atom. The molecule has 1 aromatic heterocycles. The summed E-state index contributed by atoms with van der Waals surface area (Å²) < 4.78 is 5.42. The Morgan fingerprint density at radius 3 is 2.66 bits per heavy atom. The van der Waals surface area contributed by atoms with Gasteiger partial charge in [-0.15, -0.1) is 12.4 Å². The molecule has 2 N–H and O–H groups in total. The number of H-pyrrole nitrogens is 1. The number of benzene rings is 1. The first-order valence-electron chi connectivity index (χ1n) is 10.2. The Bertz CT molecular complexity index is 1080. The number of carbonyl (C=O) groups is 3. The first-order valence-corrected chi connectivity index (χ1v) is 11.2. The largest absolute Gasteiger partial charge is 0.379 e. The molecule has 0 saturated carbocycles. The molecule has 1 aromatic carbocycles. The Morgan fingerprint density at radius 2 is 1.91 bits per heavy atom. The van der Waals surface area contributed by atoms with Crippen molar-refractivity contribution >= 4 is 58.6 Å². The number of morpholine rings is 1. The highest BCUT2D eigenvalue weighted by Crippen LogP contribution is 2.35. The lowest BCUT2D eigenvalue weighted by atomic mass is 10.0. The number of nitrogens with zero attached hydrogens (tertiary/aromatic N) is 2. The maximum Gasteiger partial charge on any atom is 0.289 e. The van der Waals surface area contributed by atoms with E-state index in [4.69, 9.17) is 4.74 Å². The Balaban J connectivity index is 0.00000245. The first kappa shape index (κ1) is 22.6. The van der Waals surface area contributed by atoms with Gasteiger partial charge in [0.15, 0.2) is 0 Å². The number of hydrogen-bond acceptors (Lipinski definition) is 6. The van der Waals surface area contributed by atoms with Crippen LogP contribution in [0.15, 0.2) is 30.5 Å². The van der Waals surface area contributed by atoms with Gasteiger partial charge >= 0.3 is 0 Å². The predicted molar refractivity (Wildman–Crippen MR) is 125 cm³/mol. The average molecular weight is 475 g/mol. The van der Waals surface area contributed by atoms with Gasteiger partial charge < -0.3 is 15.0 Å². The van der Waals surface area contributed by atoms with Crippen LogP contribution in [0.5, 0.6) is 0 Å². The van der Waals surface area contributed by atoms with Crippen molar-refractivity contribution in [1.29, 1.82) is 0 Å². The van der Waals surface area contributed by atoms with E-state index in [1.54, 1.807) is 0 Å². The minimum atomic E-state index is -0.227. The second-order valence-electron chi connectivity index (χ2n) is 7.73. The van der Waals surface area contributed by atoms with E-state index in [-0.39, 0.29) is 41.8 Å². The van der Waals surface area contributed by atoms with Gasteiger partial charge in [-0.05, 0) is 35.4 Å². The van der Waals surface area contributed by atoms with Gasteiger partial charge in [0.05, 0.1) is 31.1 Å². The smallest absolute Gasteiger partial charge is 0.289 e. The third kappa shape index (κ3) is 4.47. The molecule has 2 aromatic rings. The number of rotatable bonds is 5. The van der Waals surface area contributed by atoms with E-state index < -0.39 is 0 Å². The monoisotopic (exact) mass is 474 g/mol. The van der Waals surface area contributed by atoms with Crippen LogP contribution in [0, 0.1) is 0 Å². The topological polar surface area (TPSA) is 94.7 Å². The van der Waals surface area contributed by atoms with Gasteiger partial charge in [0.25, 0.3) is 11.1 Å². The molecule has 2 fully saturated rings. The SMILES string of the molecule is Cl.O=C1Nc2ccc(CN3C(=O)CSC3=O)cc2C1=Cc1[nH]ccc1CN1CCOCC1. The number of halogens is 1. The van der Waals surface area contributed by atoms with E-state index in [1.165, 1.54) is 4.90 Å². The number of fused-ring (bicyclic) bond motifs is 1. The van der Waals surface area contributed by atoms with Gasteiger partial charge in [0.2, 0.25) is 5.91 Å². The van der Waals surface area contributed by atoms with Crippen molar-refractivity contribution in [3.05, 3.63) is 52.8 Å². The van der Waals surface area contributed by atoms with Gasteiger partial charge in [-0.2, -0.15) is 0 Å². The van der Waals surface area contributed by atoms with Crippen molar-refractivity contribution in [3.63, 3.8) is 0 Å². The zero-order chi connectivity index (χ0) is 21.4. The second kappa shape index (κ2) is 9.50. The fraction of sp³-hybridized carbons (Fsp3) is 0.318. The molecule has 3 aliphatic rings. The number of imide groups is 1. The average Bonchev–Trinajstić information content (AvgIpc) is 3.43. The molecule has 0 spiro atoms. The van der Waals surface area contributed by atoms with Crippen LogP contribution in [0.3, 0.4) is 0 Å². The fourth-order valence-corrected chi connectivity index (χ4v) is 4.75. The maximum atomic E-state index is 12.7. The Labute approximate surface area is 195 Å². The van der Waals surface area contributed by atoms with Crippen LogP contribution < -0.4 is 5.32 Å². The molecule has 0 unspecified atom stereocenters.